The molecule has 0 aromatic heterocycles. The van der Waals surface area contributed by atoms with Gasteiger partial charge >= 0.3 is 6.18 Å². The highest BCUT2D eigenvalue weighted by Crippen LogP contribution is 2.34. The summed E-state index contributed by atoms with van der Waals surface area (Å²) in [6.45, 7) is 0.710. The molecule has 1 aliphatic rings. The molecule has 20 heavy (non-hydrogen) atoms. The topological polar surface area (TPSA) is 29.3 Å². The largest absolute Gasteiger partial charge is 0.393 e. The summed E-state index contributed by atoms with van der Waals surface area (Å²) in [6, 6.07) is 5.87. The van der Waals surface area contributed by atoms with Gasteiger partial charge in [0, 0.05) is 19.1 Å². The summed E-state index contributed by atoms with van der Waals surface area (Å²) in [7, 11) is 0. The molecule has 112 valence electrons. The summed E-state index contributed by atoms with van der Waals surface area (Å²) in [4.78, 5) is 1.79. The Morgan fingerprint density at radius 3 is 2.40 bits per heavy atom. The summed E-state index contributed by atoms with van der Waals surface area (Å²) in [5, 5.41) is 0. The van der Waals surface area contributed by atoms with Crippen LogP contribution in [0, 0.1) is 11.7 Å². The second-order valence-electron chi connectivity index (χ2n) is 5.24. The Morgan fingerprint density at radius 2 is 1.90 bits per heavy atom. The fourth-order valence-corrected chi connectivity index (χ4v) is 2.64. The molecule has 1 fully saturated rings. The zero-order valence-corrected chi connectivity index (χ0v) is 11.0. The normalized spacial score (nSPS) is 22.1. The van der Waals surface area contributed by atoms with Crippen LogP contribution in [0.2, 0.25) is 0 Å². The first-order valence-electron chi connectivity index (χ1n) is 6.65. The van der Waals surface area contributed by atoms with Crippen molar-refractivity contribution in [1.29, 1.82) is 0 Å². The molecule has 0 spiro atoms. The number of rotatable bonds is 4. The molecule has 1 aromatic carbocycles. The first kappa shape index (κ1) is 15.3. The van der Waals surface area contributed by atoms with Crippen molar-refractivity contribution >= 4 is 0 Å². The zero-order valence-electron chi connectivity index (χ0n) is 11.0. The van der Waals surface area contributed by atoms with E-state index in [-0.39, 0.29) is 24.8 Å². The monoisotopic (exact) mass is 290 g/mol. The molecule has 0 unspecified atom stereocenters. The van der Waals surface area contributed by atoms with Gasteiger partial charge in [-0.1, -0.05) is 12.1 Å². The highest BCUT2D eigenvalue weighted by atomic mass is 19.4. The maximum atomic E-state index is 12.8. The Balaban J connectivity index is 1.97. The third-order valence-electron chi connectivity index (χ3n) is 3.86. The minimum Gasteiger partial charge on any atom is -0.329 e. The molecule has 0 aliphatic carbocycles. The average molecular weight is 290 g/mol. The average Bonchev–Trinajstić information content (AvgIpc) is 2.87. The van der Waals surface area contributed by atoms with Crippen LogP contribution in [-0.4, -0.2) is 36.8 Å². The number of benzene rings is 1. The van der Waals surface area contributed by atoms with Crippen molar-refractivity contribution < 1.29 is 17.6 Å². The van der Waals surface area contributed by atoms with E-state index in [1.54, 1.807) is 17.0 Å². The van der Waals surface area contributed by atoms with E-state index in [1.165, 1.54) is 12.1 Å². The molecule has 0 radical (unpaired) electrons. The summed E-state index contributed by atoms with van der Waals surface area (Å²) in [5.41, 5.74) is 6.57. The third kappa shape index (κ3) is 3.70. The maximum Gasteiger partial charge on any atom is 0.393 e. The highest BCUT2D eigenvalue weighted by Gasteiger charge is 2.44. The van der Waals surface area contributed by atoms with Gasteiger partial charge < -0.3 is 5.73 Å². The van der Waals surface area contributed by atoms with E-state index in [0.29, 0.717) is 19.5 Å². The van der Waals surface area contributed by atoms with Crippen LogP contribution in [0.3, 0.4) is 0 Å². The molecule has 2 nitrogen and oxygen atoms in total. The smallest absolute Gasteiger partial charge is 0.329 e. The number of halogens is 4. The van der Waals surface area contributed by atoms with Crippen molar-refractivity contribution in [3.8, 4) is 0 Å². The lowest BCUT2D eigenvalue weighted by Crippen LogP contribution is -2.41. The Morgan fingerprint density at radius 1 is 1.25 bits per heavy atom. The third-order valence-corrected chi connectivity index (χ3v) is 3.86. The fourth-order valence-electron chi connectivity index (χ4n) is 2.64. The van der Waals surface area contributed by atoms with Crippen LogP contribution in [0.25, 0.3) is 0 Å². The fraction of sp³-hybridized carbons (Fsp3) is 0.571. The number of likely N-dealkylation sites (tertiary alicyclic amines) is 1. The van der Waals surface area contributed by atoms with Gasteiger partial charge in [0.2, 0.25) is 0 Å². The molecule has 0 amide bonds. The van der Waals surface area contributed by atoms with Crippen LogP contribution < -0.4 is 5.73 Å². The van der Waals surface area contributed by atoms with Crippen molar-refractivity contribution in [1.82, 2.24) is 4.90 Å². The molecule has 1 aromatic rings. The van der Waals surface area contributed by atoms with E-state index in [2.05, 4.69) is 0 Å². The molecule has 2 N–H and O–H groups in total. The van der Waals surface area contributed by atoms with Crippen molar-refractivity contribution in [3.05, 3.63) is 35.6 Å². The predicted molar refractivity (Wildman–Crippen MR) is 68.7 cm³/mol. The summed E-state index contributed by atoms with van der Waals surface area (Å²) in [6.07, 6.45) is -3.46. The van der Waals surface area contributed by atoms with Crippen molar-refractivity contribution in [2.24, 2.45) is 11.7 Å². The number of hydrogen-bond acceptors (Lipinski definition) is 2. The summed E-state index contributed by atoms with van der Waals surface area (Å²) < 4.78 is 50.8. The van der Waals surface area contributed by atoms with Gasteiger partial charge in [-0.25, -0.2) is 4.39 Å². The van der Waals surface area contributed by atoms with Crippen LogP contribution in [0.15, 0.2) is 24.3 Å². The lowest BCUT2D eigenvalue weighted by Gasteiger charge is -2.27. The van der Waals surface area contributed by atoms with Crippen LogP contribution in [-0.2, 0) is 6.42 Å². The molecular formula is C14H18F4N2. The van der Waals surface area contributed by atoms with Gasteiger partial charge in [0.25, 0.3) is 0 Å². The molecule has 2 rings (SSSR count). The van der Waals surface area contributed by atoms with E-state index in [1.807, 2.05) is 0 Å². The van der Waals surface area contributed by atoms with Gasteiger partial charge in [0.15, 0.2) is 0 Å². The number of nitrogens with two attached hydrogens (primary N) is 1. The molecular weight excluding hydrogens is 272 g/mol. The van der Waals surface area contributed by atoms with Gasteiger partial charge in [-0.2, -0.15) is 13.2 Å². The van der Waals surface area contributed by atoms with E-state index < -0.39 is 12.1 Å². The van der Waals surface area contributed by atoms with Crippen LogP contribution in [0.5, 0.6) is 0 Å². The lowest BCUT2D eigenvalue weighted by molar-refractivity contribution is -0.170. The molecule has 6 heteroatoms. The number of alkyl halides is 3. The zero-order chi connectivity index (χ0) is 14.8. The summed E-state index contributed by atoms with van der Waals surface area (Å²) >= 11 is 0. The van der Waals surface area contributed by atoms with Crippen LogP contribution >= 0.6 is 0 Å². The number of hydrogen-bond donors (Lipinski definition) is 1. The van der Waals surface area contributed by atoms with Crippen molar-refractivity contribution in [3.63, 3.8) is 0 Å². The SMILES string of the molecule is NC[C@@H](Cc1ccc(F)cc1)N1CC[C@H](C(F)(F)F)C1. The Hall–Kier alpha value is -1.14. The predicted octanol–water partition coefficient (Wildman–Crippen LogP) is 2.58. The van der Waals surface area contributed by atoms with Crippen molar-refractivity contribution in [2.45, 2.75) is 25.1 Å². The Bertz CT molecular complexity index is 430. The first-order chi connectivity index (χ1) is 9.40. The van der Waals surface area contributed by atoms with E-state index in [0.717, 1.165) is 5.56 Å². The highest BCUT2D eigenvalue weighted by molar-refractivity contribution is 5.17. The molecule has 1 heterocycles. The lowest BCUT2D eigenvalue weighted by atomic mass is 10.0. The van der Waals surface area contributed by atoms with E-state index in [9.17, 15) is 17.6 Å². The second kappa shape index (κ2) is 6.10. The van der Waals surface area contributed by atoms with Gasteiger partial charge in [-0.15, -0.1) is 0 Å². The van der Waals surface area contributed by atoms with Gasteiger partial charge in [0.1, 0.15) is 5.82 Å². The Kier molecular flexibility index (Phi) is 4.65. The van der Waals surface area contributed by atoms with Gasteiger partial charge in [-0.3, -0.25) is 4.90 Å². The maximum absolute atomic E-state index is 12.8. The van der Waals surface area contributed by atoms with Crippen LogP contribution in [0.4, 0.5) is 17.6 Å². The standard InChI is InChI=1S/C14H18F4N2/c15-12-3-1-10(2-4-12)7-13(8-19)20-6-5-11(9-20)14(16,17)18/h1-4,11,13H,5-9,19H2/t11-,13+/m0/s1. The van der Waals surface area contributed by atoms with Crippen LogP contribution in [0.1, 0.15) is 12.0 Å². The second-order valence-corrected chi connectivity index (χ2v) is 5.24. The minimum atomic E-state index is -4.14. The molecule has 0 bridgehead atoms. The molecule has 1 aliphatic heterocycles. The minimum absolute atomic E-state index is 0.00651. The van der Waals surface area contributed by atoms with E-state index >= 15 is 0 Å². The van der Waals surface area contributed by atoms with Crippen molar-refractivity contribution in [2.75, 3.05) is 19.6 Å². The van der Waals surface area contributed by atoms with Gasteiger partial charge in [-0.05, 0) is 37.1 Å². The Labute approximate surface area is 115 Å². The molecule has 2 atom stereocenters. The first-order valence-corrected chi connectivity index (χ1v) is 6.65. The quantitative estimate of drug-likeness (QED) is 0.864. The van der Waals surface area contributed by atoms with Gasteiger partial charge in [0.05, 0.1) is 5.92 Å². The molecule has 0 saturated carbocycles. The van der Waals surface area contributed by atoms with E-state index in [4.69, 9.17) is 5.73 Å². The molecule has 1 saturated heterocycles. The summed E-state index contributed by atoms with van der Waals surface area (Å²) in [5.74, 6) is -1.58. The number of nitrogens with zero attached hydrogens (tertiary/aromatic N) is 1.